The molecule has 1 aromatic heterocycles. The van der Waals surface area contributed by atoms with Crippen molar-refractivity contribution in [2.45, 2.75) is 31.3 Å². The van der Waals surface area contributed by atoms with Crippen molar-refractivity contribution in [3.05, 3.63) is 38.3 Å². The molecule has 1 saturated carbocycles. The van der Waals surface area contributed by atoms with Gasteiger partial charge in [0.05, 0.1) is 24.2 Å². The van der Waals surface area contributed by atoms with Crippen molar-refractivity contribution < 1.29 is 4.74 Å². The standard InChI is InChI=1S/C20H27N7O3/c1-23-9-14(24-2)11-6-7-25(10-11)15-8-13(21)16-17(18(15)30-3)26(12-4-5-12)20(29)27(22)19(16)28/h8,11-12,14,24H,4-7,9-10,21-22H2,2-3H3. The predicted molar refractivity (Wildman–Crippen MR) is 116 cm³/mol. The first kappa shape index (κ1) is 20.1. The topological polar surface area (TPSA) is 125 Å². The third kappa shape index (κ3) is 3.06. The summed E-state index contributed by atoms with van der Waals surface area (Å²) in [6.45, 7) is 9.10. The fraction of sp³-hybridized carbons (Fsp3) is 0.550. The number of nitrogen functional groups attached to an aromatic ring is 2. The van der Waals surface area contributed by atoms with Gasteiger partial charge in [0.2, 0.25) is 6.54 Å². The average molecular weight is 413 g/mol. The Bertz CT molecular complexity index is 1140. The molecular formula is C20H27N7O3. The summed E-state index contributed by atoms with van der Waals surface area (Å²) in [4.78, 5) is 31.3. The number of likely N-dealkylation sites (N-methyl/N-ethyl adjacent to an activating group) is 1. The van der Waals surface area contributed by atoms with Gasteiger partial charge in [0, 0.05) is 30.7 Å². The molecule has 5 N–H and O–H groups in total. The number of benzene rings is 1. The van der Waals surface area contributed by atoms with Crippen LogP contribution in [0, 0.1) is 12.5 Å². The van der Waals surface area contributed by atoms with Gasteiger partial charge in [-0.1, -0.05) is 0 Å². The number of nitrogens with two attached hydrogens (primary N) is 2. The Balaban J connectivity index is 1.88. The van der Waals surface area contributed by atoms with E-state index in [0.29, 0.717) is 28.4 Å². The SMILES string of the molecule is [C-]#[N+]CC(NC)C1CCN(c2cc(N)c3c(=O)n(N)c(=O)n(C4CC4)c3c2OC)C1. The highest BCUT2D eigenvalue weighted by atomic mass is 16.5. The zero-order valence-electron chi connectivity index (χ0n) is 17.2. The van der Waals surface area contributed by atoms with Crippen LogP contribution in [0.25, 0.3) is 15.7 Å². The Hall–Kier alpha value is -3.19. The van der Waals surface area contributed by atoms with E-state index in [1.807, 2.05) is 7.05 Å². The Morgan fingerprint density at radius 2 is 2.10 bits per heavy atom. The Labute approximate surface area is 173 Å². The van der Waals surface area contributed by atoms with Gasteiger partial charge >= 0.3 is 5.69 Å². The summed E-state index contributed by atoms with van der Waals surface area (Å²) in [5.74, 6) is 6.53. The van der Waals surface area contributed by atoms with E-state index in [1.54, 1.807) is 10.6 Å². The molecular weight excluding hydrogens is 386 g/mol. The molecule has 2 aliphatic rings. The summed E-state index contributed by atoms with van der Waals surface area (Å²) in [6.07, 6.45) is 2.60. The molecule has 2 heterocycles. The number of nitrogens with one attached hydrogen (secondary N) is 1. The van der Waals surface area contributed by atoms with Crippen molar-refractivity contribution in [3.8, 4) is 5.75 Å². The van der Waals surface area contributed by atoms with Crippen LogP contribution < -0.4 is 37.8 Å². The summed E-state index contributed by atoms with van der Waals surface area (Å²) < 4.78 is 7.94. The van der Waals surface area contributed by atoms with Crippen LogP contribution in [0.3, 0.4) is 0 Å². The number of methoxy groups -OCH3 is 1. The fourth-order valence-corrected chi connectivity index (χ4v) is 4.55. The number of nitrogens with zero attached hydrogens (tertiary/aromatic N) is 4. The van der Waals surface area contributed by atoms with E-state index >= 15 is 0 Å². The van der Waals surface area contributed by atoms with E-state index in [2.05, 4.69) is 15.1 Å². The maximum absolute atomic E-state index is 12.8. The van der Waals surface area contributed by atoms with Crippen molar-refractivity contribution in [3.63, 3.8) is 0 Å². The molecule has 0 radical (unpaired) electrons. The molecule has 2 aromatic rings. The van der Waals surface area contributed by atoms with Crippen LogP contribution in [0.15, 0.2) is 15.7 Å². The summed E-state index contributed by atoms with van der Waals surface area (Å²) in [5, 5.41) is 3.45. The van der Waals surface area contributed by atoms with Crippen molar-refractivity contribution in [2.24, 2.45) is 5.92 Å². The molecule has 2 atom stereocenters. The van der Waals surface area contributed by atoms with E-state index in [4.69, 9.17) is 22.9 Å². The minimum absolute atomic E-state index is 0.0161. The number of anilines is 2. The second kappa shape index (κ2) is 7.57. The van der Waals surface area contributed by atoms with Gasteiger partial charge in [0.1, 0.15) is 5.52 Å². The molecule has 2 fully saturated rings. The molecule has 1 aromatic carbocycles. The predicted octanol–water partition coefficient (Wildman–Crippen LogP) is 0.136. The van der Waals surface area contributed by atoms with E-state index in [-0.39, 0.29) is 23.2 Å². The Kier molecular flexibility index (Phi) is 5.07. The van der Waals surface area contributed by atoms with Crippen molar-refractivity contribution in [1.29, 1.82) is 0 Å². The maximum atomic E-state index is 12.8. The second-order valence-corrected chi connectivity index (χ2v) is 8.03. The van der Waals surface area contributed by atoms with Gasteiger partial charge < -0.3 is 31.4 Å². The normalized spacial score (nSPS) is 19.8. The third-order valence-electron chi connectivity index (χ3n) is 6.26. The van der Waals surface area contributed by atoms with Crippen LogP contribution in [0.1, 0.15) is 25.3 Å². The number of rotatable bonds is 6. The fourth-order valence-electron chi connectivity index (χ4n) is 4.55. The lowest BCUT2D eigenvalue weighted by atomic mass is 9.99. The minimum atomic E-state index is -0.624. The summed E-state index contributed by atoms with van der Waals surface area (Å²) >= 11 is 0. The zero-order chi connectivity index (χ0) is 21.6. The number of hydrogen-bond donors (Lipinski definition) is 3. The zero-order valence-corrected chi connectivity index (χ0v) is 17.2. The van der Waals surface area contributed by atoms with Crippen LogP contribution in [-0.4, -0.2) is 49.1 Å². The first-order valence-electron chi connectivity index (χ1n) is 10.1. The maximum Gasteiger partial charge on any atom is 0.350 e. The lowest BCUT2D eigenvalue weighted by molar-refractivity contribution is 0.413. The van der Waals surface area contributed by atoms with Crippen molar-refractivity contribution in [1.82, 2.24) is 14.6 Å². The minimum Gasteiger partial charge on any atom is -0.492 e. The van der Waals surface area contributed by atoms with Crippen LogP contribution in [0.4, 0.5) is 11.4 Å². The number of aromatic nitrogens is 2. The van der Waals surface area contributed by atoms with E-state index in [9.17, 15) is 9.59 Å². The molecule has 10 nitrogen and oxygen atoms in total. The third-order valence-corrected chi connectivity index (χ3v) is 6.26. The van der Waals surface area contributed by atoms with Crippen molar-refractivity contribution in [2.75, 3.05) is 50.3 Å². The van der Waals surface area contributed by atoms with E-state index in [0.717, 1.165) is 38.0 Å². The molecule has 2 unspecified atom stereocenters. The van der Waals surface area contributed by atoms with Gasteiger partial charge in [-0.05, 0) is 32.4 Å². The van der Waals surface area contributed by atoms with Crippen LogP contribution in [0.2, 0.25) is 0 Å². The summed E-state index contributed by atoms with van der Waals surface area (Å²) in [7, 11) is 3.41. The molecule has 0 spiro atoms. The molecule has 160 valence electrons. The van der Waals surface area contributed by atoms with Gasteiger partial charge in [-0.3, -0.25) is 9.36 Å². The summed E-state index contributed by atoms with van der Waals surface area (Å²) in [5.41, 5.74) is 6.57. The molecule has 1 aliphatic heterocycles. The highest BCUT2D eigenvalue weighted by Crippen LogP contribution is 2.44. The smallest absolute Gasteiger partial charge is 0.350 e. The number of ether oxygens (including phenoxy) is 1. The van der Waals surface area contributed by atoms with Crippen molar-refractivity contribution >= 4 is 22.3 Å². The van der Waals surface area contributed by atoms with Gasteiger partial charge in [0.15, 0.2) is 5.75 Å². The molecule has 1 saturated heterocycles. The average Bonchev–Trinajstić information content (AvgIpc) is 3.45. The van der Waals surface area contributed by atoms with E-state index in [1.165, 1.54) is 7.11 Å². The van der Waals surface area contributed by atoms with Crippen LogP contribution in [-0.2, 0) is 0 Å². The van der Waals surface area contributed by atoms with E-state index < -0.39 is 11.2 Å². The van der Waals surface area contributed by atoms with Crippen LogP contribution in [0.5, 0.6) is 5.75 Å². The number of hydrogen-bond acceptors (Lipinski definition) is 7. The molecule has 4 rings (SSSR count). The molecule has 30 heavy (non-hydrogen) atoms. The summed E-state index contributed by atoms with van der Waals surface area (Å²) in [6, 6.07) is 1.82. The monoisotopic (exact) mass is 413 g/mol. The second-order valence-electron chi connectivity index (χ2n) is 8.03. The first-order chi connectivity index (χ1) is 14.4. The first-order valence-corrected chi connectivity index (χ1v) is 10.1. The molecule has 0 amide bonds. The lowest BCUT2D eigenvalue weighted by Gasteiger charge is -2.25. The quantitative estimate of drug-likeness (QED) is 0.349. The Morgan fingerprint density at radius 1 is 1.37 bits per heavy atom. The van der Waals surface area contributed by atoms with Gasteiger partial charge in [-0.15, -0.1) is 0 Å². The molecule has 1 aliphatic carbocycles. The molecule has 10 heteroatoms. The van der Waals surface area contributed by atoms with Gasteiger partial charge in [-0.25, -0.2) is 11.4 Å². The highest BCUT2D eigenvalue weighted by Gasteiger charge is 2.35. The number of fused-ring (bicyclic) bond motifs is 1. The van der Waals surface area contributed by atoms with Gasteiger partial charge in [0.25, 0.3) is 5.56 Å². The van der Waals surface area contributed by atoms with Gasteiger partial charge in [-0.2, -0.15) is 4.68 Å². The highest BCUT2D eigenvalue weighted by molar-refractivity contribution is 5.99. The van der Waals surface area contributed by atoms with Crippen LogP contribution >= 0.6 is 0 Å². The largest absolute Gasteiger partial charge is 0.492 e. The lowest BCUT2D eigenvalue weighted by Crippen LogP contribution is -2.44. The Morgan fingerprint density at radius 3 is 2.70 bits per heavy atom. The molecule has 0 bridgehead atoms.